The van der Waals surface area contributed by atoms with Gasteiger partial charge in [-0.15, -0.1) is 0 Å². The van der Waals surface area contributed by atoms with Crippen LogP contribution in [0.15, 0.2) is 78.0 Å². The molecule has 0 saturated heterocycles. The molecule has 7 nitrogen and oxygen atoms in total. The van der Waals surface area contributed by atoms with Crippen LogP contribution in [0.1, 0.15) is 26.3 Å². The molecular weight excluding hydrogens is 490 g/mol. The zero-order valence-electron chi connectivity index (χ0n) is 19.9. The minimum absolute atomic E-state index is 0.00543. The second-order valence-electron chi connectivity index (χ2n) is 8.35. The smallest absolute Gasteiger partial charge is 0.268 e. The van der Waals surface area contributed by atoms with Crippen LogP contribution in [-0.2, 0) is 0 Å². The number of methoxy groups -OCH3 is 1. The molecule has 37 heavy (non-hydrogen) atoms. The first-order valence-electron chi connectivity index (χ1n) is 11.3. The normalized spacial score (nSPS) is 10.9. The van der Waals surface area contributed by atoms with Gasteiger partial charge in [-0.3, -0.25) is 23.8 Å². The fourth-order valence-corrected chi connectivity index (χ4v) is 4.70. The third-order valence-corrected chi connectivity index (χ3v) is 6.72. The summed E-state index contributed by atoms with van der Waals surface area (Å²) in [7, 11) is 1.50. The molecule has 3 heterocycles. The lowest BCUT2D eigenvalue weighted by molar-refractivity contribution is 0.111. The Morgan fingerprint density at radius 2 is 1.54 bits per heavy atom. The van der Waals surface area contributed by atoms with E-state index in [1.165, 1.54) is 23.9 Å². The molecule has 0 aliphatic carbocycles. The van der Waals surface area contributed by atoms with E-state index in [4.69, 9.17) is 16.3 Å². The Balaban J connectivity index is 1.62. The number of ether oxygens (including phenoxy) is 1. The summed E-state index contributed by atoms with van der Waals surface area (Å²) in [5.41, 5.74) is 6.25. The molecule has 0 bridgehead atoms. The van der Waals surface area contributed by atoms with Crippen molar-refractivity contribution in [2.75, 3.05) is 7.11 Å². The van der Waals surface area contributed by atoms with E-state index in [2.05, 4.69) is 9.97 Å². The van der Waals surface area contributed by atoms with Gasteiger partial charge in [0, 0.05) is 35.8 Å². The molecule has 0 saturated carbocycles. The molecule has 0 unspecified atom stereocenters. The number of carbonyl (C=O) groups excluding carboxylic acids is 2. The van der Waals surface area contributed by atoms with Crippen LogP contribution in [0.5, 0.6) is 5.75 Å². The summed E-state index contributed by atoms with van der Waals surface area (Å²) in [6.45, 7) is 2.01. The molecule has 0 aliphatic heterocycles. The number of nitrogens with zero attached hydrogens (tertiary/aromatic N) is 3. The molecule has 182 valence electrons. The average molecular weight is 510 g/mol. The van der Waals surface area contributed by atoms with Gasteiger partial charge in [-0.25, -0.2) is 4.98 Å². The molecule has 0 amide bonds. The first-order chi connectivity index (χ1) is 18.0. The molecule has 0 fully saturated rings. The van der Waals surface area contributed by atoms with E-state index in [-0.39, 0.29) is 5.56 Å². The van der Waals surface area contributed by atoms with Gasteiger partial charge in [-0.1, -0.05) is 48.0 Å². The van der Waals surface area contributed by atoms with E-state index >= 15 is 0 Å². The van der Waals surface area contributed by atoms with Gasteiger partial charge in [0.25, 0.3) is 5.56 Å². The van der Waals surface area contributed by atoms with Crippen molar-refractivity contribution in [3.05, 3.63) is 105 Å². The van der Waals surface area contributed by atoms with Gasteiger partial charge >= 0.3 is 0 Å². The van der Waals surface area contributed by atoms with Crippen molar-refractivity contribution in [2.45, 2.75) is 6.92 Å². The number of halogens is 1. The van der Waals surface area contributed by atoms with Gasteiger partial charge in [-0.2, -0.15) is 0 Å². The van der Waals surface area contributed by atoms with Crippen molar-refractivity contribution in [2.24, 2.45) is 0 Å². The minimum Gasteiger partial charge on any atom is -0.496 e. The van der Waals surface area contributed by atoms with E-state index in [1.54, 1.807) is 12.3 Å². The van der Waals surface area contributed by atoms with Gasteiger partial charge in [0.05, 0.1) is 29.0 Å². The van der Waals surface area contributed by atoms with Crippen LogP contribution >= 0.6 is 11.6 Å². The number of rotatable bonds is 6. The first kappa shape index (κ1) is 24.1. The van der Waals surface area contributed by atoms with E-state index in [0.717, 1.165) is 27.8 Å². The zero-order chi connectivity index (χ0) is 26.1. The van der Waals surface area contributed by atoms with Gasteiger partial charge in [0.15, 0.2) is 12.6 Å². The largest absolute Gasteiger partial charge is 0.496 e. The molecule has 8 heteroatoms. The molecule has 0 radical (unpaired) electrons. The van der Waals surface area contributed by atoms with Crippen LogP contribution in [0, 0.1) is 6.92 Å². The van der Waals surface area contributed by atoms with Crippen LogP contribution < -0.4 is 10.3 Å². The third kappa shape index (κ3) is 4.19. The Bertz CT molecular complexity index is 1760. The highest BCUT2D eigenvalue weighted by molar-refractivity contribution is 6.36. The summed E-state index contributed by atoms with van der Waals surface area (Å²) in [6, 6.07) is 17.0. The highest BCUT2D eigenvalue weighted by atomic mass is 35.5. The summed E-state index contributed by atoms with van der Waals surface area (Å²) in [6.07, 6.45) is 5.57. The third-order valence-electron chi connectivity index (χ3n) is 6.31. The summed E-state index contributed by atoms with van der Waals surface area (Å²) in [5.74, 6) is 0.420. The Morgan fingerprint density at radius 1 is 0.865 bits per heavy atom. The molecule has 0 N–H and O–H groups in total. The van der Waals surface area contributed by atoms with E-state index in [0.29, 0.717) is 45.8 Å². The number of hydrogen-bond acceptors (Lipinski definition) is 6. The maximum atomic E-state index is 12.4. The SMILES string of the molecule is COc1cc(-c2cccc(-c3cccc(-c4ccn5c(=O)c(C=O)cnc5c4)c3C)c2Cl)ncc1C=O. The topological polar surface area (TPSA) is 90.6 Å². The fourth-order valence-electron chi connectivity index (χ4n) is 4.38. The highest BCUT2D eigenvalue weighted by Gasteiger charge is 2.16. The van der Waals surface area contributed by atoms with E-state index in [9.17, 15) is 14.4 Å². The number of aldehydes is 2. The summed E-state index contributed by atoms with van der Waals surface area (Å²) in [5, 5.41) is 0.518. The second-order valence-corrected chi connectivity index (χ2v) is 8.73. The van der Waals surface area contributed by atoms with Crippen LogP contribution in [0.25, 0.3) is 39.2 Å². The van der Waals surface area contributed by atoms with Crippen molar-refractivity contribution >= 4 is 29.8 Å². The predicted octanol–water partition coefficient (Wildman–Crippen LogP) is 5.69. The van der Waals surface area contributed by atoms with Crippen LogP contribution in [-0.4, -0.2) is 34.1 Å². The number of hydrogen-bond donors (Lipinski definition) is 0. The average Bonchev–Trinajstić information content (AvgIpc) is 2.93. The monoisotopic (exact) mass is 509 g/mol. The van der Waals surface area contributed by atoms with Crippen LogP contribution in [0.4, 0.5) is 0 Å². The Hall–Kier alpha value is -4.62. The zero-order valence-corrected chi connectivity index (χ0v) is 20.7. The molecule has 0 atom stereocenters. The Kier molecular flexibility index (Phi) is 6.38. The van der Waals surface area contributed by atoms with Gasteiger partial charge < -0.3 is 4.74 Å². The number of pyridine rings is 2. The number of aromatic nitrogens is 3. The van der Waals surface area contributed by atoms with Crippen molar-refractivity contribution in [1.82, 2.24) is 14.4 Å². The molecule has 5 aromatic rings. The van der Waals surface area contributed by atoms with E-state index in [1.807, 2.05) is 55.5 Å². The number of fused-ring (bicyclic) bond motifs is 1. The highest BCUT2D eigenvalue weighted by Crippen LogP contribution is 2.40. The predicted molar refractivity (Wildman–Crippen MR) is 143 cm³/mol. The summed E-state index contributed by atoms with van der Waals surface area (Å²) < 4.78 is 6.68. The lowest BCUT2D eigenvalue weighted by atomic mass is 9.92. The maximum Gasteiger partial charge on any atom is 0.268 e. The fraction of sp³-hybridized carbons (Fsp3) is 0.0690. The van der Waals surface area contributed by atoms with E-state index < -0.39 is 5.56 Å². The van der Waals surface area contributed by atoms with Crippen molar-refractivity contribution in [3.63, 3.8) is 0 Å². The standard InChI is InChI=1S/C29H20ClN3O4/c1-17-21(18-9-10-33-27(11-18)32-14-20(16-35)29(33)36)5-3-6-22(17)23-7-4-8-24(28(23)30)25-12-26(37-2)19(15-34)13-31-25/h3-16H,1-2H3. The second kappa shape index (κ2) is 9.79. The molecule has 0 spiro atoms. The number of benzene rings is 2. The maximum absolute atomic E-state index is 12.4. The molecule has 3 aromatic heterocycles. The van der Waals surface area contributed by atoms with Crippen LogP contribution in [0.3, 0.4) is 0 Å². The molecule has 5 rings (SSSR count). The van der Waals surface area contributed by atoms with Gasteiger partial charge in [-0.05, 0) is 41.3 Å². The Morgan fingerprint density at radius 3 is 2.27 bits per heavy atom. The van der Waals surface area contributed by atoms with Gasteiger partial charge in [0.1, 0.15) is 11.4 Å². The van der Waals surface area contributed by atoms with Crippen molar-refractivity contribution in [3.8, 4) is 39.3 Å². The Labute approximate surface area is 217 Å². The van der Waals surface area contributed by atoms with Crippen LogP contribution in [0.2, 0.25) is 5.02 Å². The van der Waals surface area contributed by atoms with Crippen molar-refractivity contribution < 1.29 is 14.3 Å². The van der Waals surface area contributed by atoms with Crippen molar-refractivity contribution in [1.29, 1.82) is 0 Å². The minimum atomic E-state index is -0.410. The molecular formula is C29H20ClN3O4. The number of carbonyl (C=O) groups is 2. The summed E-state index contributed by atoms with van der Waals surface area (Å²) in [4.78, 5) is 43.5. The summed E-state index contributed by atoms with van der Waals surface area (Å²) >= 11 is 6.91. The molecule has 0 aliphatic rings. The lowest BCUT2D eigenvalue weighted by Crippen LogP contribution is -2.18. The lowest BCUT2D eigenvalue weighted by Gasteiger charge is -2.16. The van der Waals surface area contributed by atoms with Gasteiger partial charge in [0.2, 0.25) is 0 Å². The molecule has 2 aromatic carbocycles. The first-order valence-corrected chi connectivity index (χ1v) is 11.7. The quantitative estimate of drug-likeness (QED) is 0.273.